The molecule has 5 rings (SSSR count). The number of allylic oxidation sites excluding steroid dienone is 2. The lowest BCUT2D eigenvalue weighted by Gasteiger charge is -2.22. The number of hydrogen-bond donors (Lipinski definition) is 1. The van der Waals surface area contributed by atoms with Gasteiger partial charge >= 0.3 is 0 Å². The largest absolute Gasteiger partial charge is 0.508 e. The third-order valence-corrected chi connectivity index (χ3v) is 7.39. The Kier molecular flexibility index (Phi) is 6.01. The highest BCUT2D eigenvalue weighted by Crippen LogP contribution is 2.35. The lowest BCUT2D eigenvalue weighted by Crippen LogP contribution is -2.39. The van der Waals surface area contributed by atoms with Gasteiger partial charge in [-0.05, 0) is 68.0 Å². The van der Waals surface area contributed by atoms with Crippen molar-refractivity contribution in [3.05, 3.63) is 107 Å². The zero-order chi connectivity index (χ0) is 24.9. The summed E-state index contributed by atoms with van der Waals surface area (Å²) in [6, 6.07) is 14.5. The summed E-state index contributed by atoms with van der Waals surface area (Å²) in [7, 11) is 0. The molecule has 0 bridgehead atoms. The van der Waals surface area contributed by atoms with Crippen LogP contribution < -0.4 is 14.9 Å². The fourth-order valence-electron chi connectivity index (χ4n) is 4.11. The van der Waals surface area contributed by atoms with Gasteiger partial charge in [0.2, 0.25) is 0 Å². The summed E-state index contributed by atoms with van der Waals surface area (Å²) in [5.74, 6) is 0.851. The summed E-state index contributed by atoms with van der Waals surface area (Å²) < 4.78 is 8.07. The average molecular weight is 525 g/mol. The molecule has 0 unspecified atom stereocenters. The molecule has 6 nitrogen and oxygen atoms in total. The van der Waals surface area contributed by atoms with Crippen LogP contribution in [0.5, 0.6) is 5.75 Å². The summed E-state index contributed by atoms with van der Waals surface area (Å²) in [6.07, 6.45) is 1.69. The number of ketones is 1. The Morgan fingerprint density at radius 2 is 1.94 bits per heavy atom. The number of furan rings is 1. The second-order valence-corrected chi connectivity index (χ2v) is 9.89. The number of carbonyl (C=O) groups is 1. The normalized spacial score (nSPS) is 15.8. The molecule has 0 amide bonds. The van der Waals surface area contributed by atoms with Crippen LogP contribution in [0.25, 0.3) is 17.4 Å². The van der Waals surface area contributed by atoms with Gasteiger partial charge in [-0.2, -0.15) is 0 Å². The van der Waals surface area contributed by atoms with Gasteiger partial charge in [0.1, 0.15) is 23.3 Å². The van der Waals surface area contributed by atoms with Crippen molar-refractivity contribution in [2.24, 2.45) is 4.99 Å². The number of nitrogens with zero attached hydrogens (tertiary/aromatic N) is 2. The zero-order valence-electron chi connectivity index (χ0n) is 18.6. The topological polar surface area (TPSA) is 84.8 Å². The number of fused-ring (bicyclic) bond motifs is 1. The lowest BCUT2D eigenvalue weighted by molar-refractivity contribution is -0.114. The van der Waals surface area contributed by atoms with Crippen LogP contribution in [-0.4, -0.2) is 15.5 Å². The van der Waals surface area contributed by atoms with Crippen LogP contribution >= 0.6 is 34.5 Å². The van der Waals surface area contributed by atoms with E-state index < -0.39 is 6.04 Å². The molecule has 35 heavy (non-hydrogen) atoms. The summed E-state index contributed by atoms with van der Waals surface area (Å²) in [5, 5.41) is 10.6. The number of rotatable bonds is 4. The number of aromatic nitrogens is 1. The highest BCUT2D eigenvalue weighted by molar-refractivity contribution is 7.07. The summed E-state index contributed by atoms with van der Waals surface area (Å²) >= 11 is 13.4. The molecular weight excluding hydrogens is 507 g/mol. The molecule has 176 valence electrons. The molecule has 1 N–H and O–H groups in total. The summed E-state index contributed by atoms with van der Waals surface area (Å²) in [6.45, 7) is 3.20. The fourth-order valence-corrected chi connectivity index (χ4v) is 5.45. The Labute approximate surface area is 213 Å². The standard InChI is InChI=1S/C26H18Cl2N2O4S/c1-13-23(14(2)31)24(21-9-8-20(34-21)16-6-7-18(27)19(28)12-16)30-25(33)22(35-26(30)29-13)11-15-4-3-5-17(32)10-15/h3-12,24,32H,1-2H3/b22-11+/t24-/m0/s1. The maximum absolute atomic E-state index is 13.5. The second-order valence-electron chi connectivity index (χ2n) is 8.06. The highest BCUT2D eigenvalue weighted by Gasteiger charge is 2.33. The number of halogens is 2. The maximum Gasteiger partial charge on any atom is 0.271 e. The van der Waals surface area contributed by atoms with Gasteiger partial charge in [0, 0.05) is 16.8 Å². The van der Waals surface area contributed by atoms with Crippen molar-refractivity contribution in [3.8, 4) is 17.1 Å². The minimum absolute atomic E-state index is 0.101. The number of benzene rings is 2. The number of thiazole rings is 1. The molecule has 0 radical (unpaired) electrons. The SMILES string of the molecule is CC(=O)C1=C(C)N=c2s/c(=C/c3cccc(O)c3)c(=O)n2[C@H]1c1ccc(-c2ccc(Cl)c(Cl)c2)o1. The van der Waals surface area contributed by atoms with E-state index in [0.717, 1.165) is 0 Å². The summed E-state index contributed by atoms with van der Waals surface area (Å²) in [4.78, 5) is 31.2. The van der Waals surface area contributed by atoms with E-state index in [0.29, 0.717) is 53.3 Å². The molecule has 9 heteroatoms. The molecule has 0 saturated heterocycles. The van der Waals surface area contributed by atoms with Gasteiger partial charge in [0.15, 0.2) is 10.6 Å². The van der Waals surface area contributed by atoms with Gasteiger partial charge in [0.05, 0.1) is 14.6 Å². The van der Waals surface area contributed by atoms with E-state index in [1.54, 1.807) is 67.6 Å². The third-order valence-electron chi connectivity index (χ3n) is 5.67. The highest BCUT2D eigenvalue weighted by atomic mass is 35.5. The molecule has 3 heterocycles. The van der Waals surface area contributed by atoms with E-state index in [-0.39, 0.29) is 17.1 Å². The van der Waals surface area contributed by atoms with Crippen molar-refractivity contribution < 1.29 is 14.3 Å². The molecule has 2 aromatic carbocycles. The van der Waals surface area contributed by atoms with Gasteiger partial charge in [-0.25, -0.2) is 4.99 Å². The van der Waals surface area contributed by atoms with Crippen LogP contribution in [0.2, 0.25) is 10.0 Å². The maximum atomic E-state index is 13.5. The van der Waals surface area contributed by atoms with Crippen molar-refractivity contribution in [2.75, 3.05) is 0 Å². The fraction of sp³-hybridized carbons (Fsp3) is 0.115. The van der Waals surface area contributed by atoms with Gasteiger partial charge in [-0.15, -0.1) is 0 Å². The lowest BCUT2D eigenvalue weighted by atomic mass is 9.98. The third kappa shape index (κ3) is 4.27. The first-order valence-corrected chi connectivity index (χ1v) is 12.2. The Bertz CT molecular complexity index is 1710. The number of hydrogen-bond acceptors (Lipinski definition) is 6. The van der Waals surface area contributed by atoms with E-state index in [2.05, 4.69) is 4.99 Å². The van der Waals surface area contributed by atoms with Gasteiger partial charge < -0.3 is 9.52 Å². The minimum atomic E-state index is -0.772. The predicted molar refractivity (Wildman–Crippen MR) is 137 cm³/mol. The quantitative estimate of drug-likeness (QED) is 0.402. The van der Waals surface area contributed by atoms with Gasteiger partial charge in [-0.3, -0.25) is 14.2 Å². The van der Waals surface area contributed by atoms with Crippen LogP contribution in [0.3, 0.4) is 0 Å². The van der Waals surface area contributed by atoms with Crippen molar-refractivity contribution in [3.63, 3.8) is 0 Å². The van der Waals surface area contributed by atoms with Crippen LogP contribution in [0, 0.1) is 0 Å². The minimum Gasteiger partial charge on any atom is -0.508 e. The first-order chi connectivity index (χ1) is 16.7. The molecule has 0 fully saturated rings. The van der Waals surface area contributed by atoms with E-state index in [1.807, 2.05) is 0 Å². The Morgan fingerprint density at radius 1 is 1.14 bits per heavy atom. The van der Waals surface area contributed by atoms with E-state index in [9.17, 15) is 14.7 Å². The molecule has 0 saturated carbocycles. The zero-order valence-corrected chi connectivity index (χ0v) is 20.9. The van der Waals surface area contributed by atoms with Crippen molar-refractivity contribution >= 4 is 46.4 Å². The molecule has 1 atom stereocenters. The average Bonchev–Trinajstić information content (AvgIpc) is 3.40. The Morgan fingerprint density at radius 3 is 2.66 bits per heavy atom. The predicted octanol–water partition coefficient (Wildman–Crippen LogP) is 5.10. The van der Waals surface area contributed by atoms with Gasteiger partial charge in [0.25, 0.3) is 5.56 Å². The number of Topliss-reactive ketones (excluding diaryl/α,β-unsaturated/α-hetero) is 1. The molecular formula is C26H18Cl2N2O4S. The molecule has 0 spiro atoms. The number of phenols is 1. The monoisotopic (exact) mass is 524 g/mol. The molecule has 1 aliphatic heterocycles. The number of aromatic hydroxyl groups is 1. The van der Waals surface area contributed by atoms with E-state index in [1.165, 1.54) is 22.8 Å². The van der Waals surface area contributed by atoms with Gasteiger partial charge in [-0.1, -0.05) is 46.7 Å². The smallest absolute Gasteiger partial charge is 0.271 e. The number of phenolic OH excluding ortho intramolecular Hbond substituents is 1. The van der Waals surface area contributed by atoms with Crippen molar-refractivity contribution in [1.29, 1.82) is 0 Å². The first-order valence-electron chi connectivity index (χ1n) is 10.6. The van der Waals surface area contributed by atoms with Crippen LogP contribution in [-0.2, 0) is 4.79 Å². The van der Waals surface area contributed by atoms with E-state index >= 15 is 0 Å². The molecule has 2 aromatic heterocycles. The van der Waals surface area contributed by atoms with E-state index in [4.69, 9.17) is 27.6 Å². The van der Waals surface area contributed by atoms with Crippen molar-refractivity contribution in [1.82, 2.24) is 4.57 Å². The molecule has 0 aliphatic carbocycles. The first kappa shape index (κ1) is 23.4. The number of carbonyl (C=O) groups excluding carboxylic acids is 1. The molecule has 1 aliphatic rings. The van der Waals surface area contributed by atoms with Crippen LogP contribution in [0.15, 0.2) is 80.1 Å². The van der Waals surface area contributed by atoms with Crippen LogP contribution in [0.1, 0.15) is 31.2 Å². The summed E-state index contributed by atoms with van der Waals surface area (Å²) in [5.41, 5.74) is 2.00. The van der Waals surface area contributed by atoms with Crippen LogP contribution in [0.4, 0.5) is 0 Å². The molecule has 4 aromatic rings. The Balaban J connectivity index is 1.69. The second kappa shape index (κ2) is 9.00. The Hall–Kier alpha value is -3.39. The van der Waals surface area contributed by atoms with Crippen molar-refractivity contribution in [2.45, 2.75) is 19.9 Å².